The molecule has 4 aromatic rings. The summed E-state index contributed by atoms with van der Waals surface area (Å²) < 4.78 is 1.59. The zero-order valence-corrected chi connectivity index (χ0v) is 15.2. The Balaban J connectivity index is 1.63. The van der Waals surface area contributed by atoms with Crippen molar-refractivity contribution in [3.8, 4) is 0 Å². The first kappa shape index (κ1) is 16.7. The van der Waals surface area contributed by atoms with E-state index in [1.165, 1.54) is 10.4 Å². The molecule has 0 unspecified atom stereocenters. The molecule has 0 amide bonds. The molecule has 3 heterocycles. The molecule has 1 atom stereocenters. The molecule has 3 aromatic heterocycles. The van der Waals surface area contributed by atoms with E-state index in [4.69, 9.17) is 0 Å². The van der Waals surface area contributed by atoms with Crippen LogP contribution in [0.3, 0.4) is 0 Å². The van der Waals surface area contributed by atoms with E-state index in [-0.39, 0.29) is 11.6 Å². The molecule has 0 spiro atoms. The van der Waals surface area contributed by atoms with E-state index >= 15 is 0 Å². The first-order valence-electron chi connectivity index (χ1n) is 8.51. The number of thiophene rings is 1. The van der Waals surface area contributed by atoms with E-state index in [1.54, 1.807) is 21.8 Å². The summed E-state index contributed by atoms with van der Waals surface area (Å²) in [5.41, 5.74) is 3.60. The molecule has 0 aliphatic rings. The van der Waals surface area contributed by atoms with Gasteiger partial charge in [0.1, 0.15) is 5.65 Å². The Hall–Kier alpha value is -2.76. The Bertz CT molecular complexity index is 1070. The van der Waals surface area contributed by atoms with Gasteiger partial charge in [-0.3, -0.25) is 14.5 Å². The lowest BCUT2D eigenvalue weighted by Gasteiger charge is -2.18. The van der Waals surface area contributed by atoms with Crippen LogP contribution in [0.1, 0.15) is 27.7 Å². The molecular weight excluding hydrogens is 342 g/mol. The van der Waals surface area contributed by atoms with Crippen LogP contribution in [-0.4, -0.2) is 9.38 Å². The van der Waals surface area contributed by atoms with Crippen LogP contribution < -0.4 is 10.9 Å². The number of nitrogens with one attached hydrogen (secondary N) is 1. The van der Waals surface area contributed by atoms with Crippen LogP contribution in [0.2, 0.25) is 0 Å². The predicted molar refractivity (Wildman–Crippen MR) is 106 cm³/mol. The van der Waals surface area contributed by atoms with Crippen molar-refractivity contribution in [2.45, 2.75) is 19.5 Å². The van der Waals surface area contributed by atoms with E-state index in [0.29, 0.717) is 12.2 Å². The molecule has 0 aliphatic heterocycles. The fourth-order valence-corrected chi connectivity index (χ4v) is 3.87. The SMILES string of the molecule is Cc1ccc2nc(CN[C@@H](c3ccccc3)c3cccs3)cc(=O)n2c1. The maximum absolute atomic E-state index is 12.4. The lowest BCUT2D eigenvalue weighted by molar-refractivity contribution is 0.604. The minimum atomic E-state index is -0.0529. The summed E-state index contributed by atoms with van der Waals surface area (Å²) in [6, 6.07) is 20.0. The summed E-state index contributed by atoms with van der Waals surface area (Å²) in [4.78, 5) is 18.3. The number of aryl methyl sites for hydroxylation is 1. The number of aromatic nitrogens is 2. The normalized spacial score (nSPS) is 12.3. The summed E-state index contributed by atoms with van der Waals surface area (Å²) >= 11 is 1.72. The van der Waals surface area contributed by atoms with Crippen molar-refractivity contribution < 1.29 is 0 Å². The Kier molecular flexibility index (Phi) is 4.65. The van der Waals surface area contributed by atoms with Crippen molar-refractivity contribution in [1.29, 1.82) is 0 Å². The Labute approximate surface area is 155 Å². The standard InChI is InChI=1S/C21H19N3OS/c1-15-9-10-19-23-17(12-20(25)24(19)14-15)13-22-21(18-8-5-11-26-18)16-6-3-2-4-7-16/h2-12,14,21-22H,13H2,1H3/t21-/m0/s1. The summed E-state index contributed by atoms with van der Waals surface area (Å²) in [5, 5.41) is 5.64. The van der Waals surface area contributed by atoms with E-state index in [0.717, 1.165) is 11.3 Å². The maximum atomic E-state index is 12.4. The van der Waals surface area contributed by atoms with Crippen molar-refractivity contribution >= 4 is 17.0 Å². The number of rotatable bonds is 5. The lowest BCUT2D eigenvalue weighted by Crippen LogP contribution is -2.24. The second kappa shape index (κ2) is 7.23. The third kappa shape index (κ3) is 3.45. The number of hydrogen-bond donors (Lipinski definition) is 1. The fourth-order valence-electron chi connectivity index (χ4n) is 3.04. The van der Waals surface area contributed by atoms with E-state index in [1.807, 2.05) is 43.5 Å². The Morgan fingerprint density at radius 3 is 2.73 bits per heavy atom. The minimum Gasteiger partial charge on any atom is -0.300 e. The largest absolute Gasteiger partial charge is 0.300 e. The molecule has 4 nitrogen and oxygen atoms in total. The highest BCUT2D eigenvalue weighted by molar-refractivity contribution is 7.10. The number of nitrogens with zero attached hydrogens (tertiary/aromatic N) is 2. The Morgan fingerprint density at radius 2 is 1.96 bits per heavy atom. The van der Waals surface area contributed by atoms with Gasteiger partial charge in [-0.25, -0.2) is 4.98 Å². The van der Waals surface area contributed by atoms with Gasteiger partial charge < -0.3 is 0 Å². The van der Waals surface area contributed by atoms with Crippen molar-refractivity contribution in [2.24, 2.45) is 0 Å². The van der Waals surface area contributed by atoms with Gasteiger partial charge in [-0.2, -0.15) is 0 Å². The first-order chi connectivity index (χ1) is 12.7. The number of benzene rings is 1. The van der Waals surface area contributed by atoms with E-state index in [2.05, 4.69) is 39.9 Å². The van der Waals surface area contributed by atoms with Gasteiger partial charge in [0.25, 0.3) is 5.56 Å². The molecule has 0 bridgehead atoms. The van der Waals surface area contributed by atoms with Crippen molar-refractivity contribution in [3.63, 3.8) is 0 Å². The van der Waals surface area contributed by atoms with Gasteiger partial charge in [-0.05, 0) is 35.6 Å². The second-order valence-corrected chi connectivity index (χ2v) is 7.24. The molecule has 0 saturated heterocycles. The summed E-state index contributed by atoms with van der Waals surface area (Å²) in [5.74, 6) is 0. The van der Waals surface area contributed by atoms with Crippen LogP contribution in [-0.2, 0) is 6.54 Å². The minimum absolute atomic E-state index is 0.0529. The van der Waals surface area contributed by atoms with Crippen LogP contribution in [0.25, 0.3) is 5.65 Å². The number of pyridine rings is 1. The first-order valence-corrected chi connectivity index (χ1v) is 9.39. The van der Waals surface area contributed by atoms with Gasteiger partial charge in [-0.15, -0.1) is 11.3 Å². The Morgan fingerprint density at radius 1 is 1.12 bits per heavy atom. The van der Waals surface area contributed by atoms with Crippen LogP contribution in [0.4, 0.5) is 0 Å². The summed E-state index contributed by atoms with van der Waals surface area (Å²) in [7, 11) is 0. The quantitative estimate of drug-likeness (QED) is 0.586. The maximum Gasteiger partial charge on any atom is 0.258 e. The molecule has 1 aromatic carbocycles. The van der Waals surface area contributed by atoms with E-state index in [9.17, 15) is 4.79 Å². The molecule has 5 heteroatoms. The van der Waals surface area contributed by atoms with Gasteiger partial charge in [0.15, 0.2) is 0 Å². The highest BCUT2D eigenvalue weighted by atomic mass is 32.1. The topological polar surface area (TPSA) is 46.4 Å². The second-order valence-electron chi connectivity index (χ2n) is 6.26. The molecule has 26 heavy (non-hydrogen) atoms. The van der Waals surface area contributed by atoms with Gasteiger partial charge in [0.2, 0.25) is 0 Å². The molecule has 130 valence electrons. The van der Waals surface area contributed by atoms with Crippen molar-refractivity contribution in [2.75, 3.05) is 0 Å². The number of hydrogen-bond acceptors (Lipinski definition) is 4. The van der Waals surface area contributed by atoms with Gasteiger partial charge in [0.05, 0.1) is 11.7 Å². The average Bonchev–Trinajstić information content (AvgIpc) is 3.18. The summed E-state index contributed by atoms with van der Waals surface area (Å²) in [6.07, 6.45) is 1.82. The third-order valence-corrected chi connectivity index (χ3v) is 5.25. The van der Waals surface area contributed by atoms with Crippen molar-refractivity contribution in [1.82, 2.24) is 14.7 Å². The smallest absolute Gasteiger partial charge is 0.258 e. The molecule has 1 N–H and O–H groups in total. The van der Waals surface area contributed by atoms with Gasteiger partial charge in [-0.1, -0.05) is 42.5 Å². The fraction of sp³-hybridized carbons (Fsp3) is 0.143. The average molecular weight is 361 g/mol. The molecule has 0 aliphatic carbocycles. The van der Waals surface area contributed by atoms with Crippen LogP contribution >= 0.6 is 11.3 Å². The lowest BCUT2D eigenvalue weighted by atomic mass is 10.1. The molecule has 0 radical (unpaired) electrons. The molecule has 0 fully saturated rings. The third-order valence-electron chi connectivity index (χ3n) is 4.31. The highest BCUT2D eigenvalue weighted by Gasteiger charge is 2.15. The monoisotopic (exact) mass is 361 g/mol. The molecular formula is C21H19N3OS. The van der Waals surface area contributed by atoms with Gasteiger partial charge in [0, 0.05) is 23.7 Å². The van der Waals surface area contributed by atoms with Crippen LogP contribution in [0, 0.1) is 6.92 Å². The summed E-state index contributed by atoms with van der Waals surface area (Å²) in [6.45, 7) is 2.49. The zero-order chi connectivity index (χ0) is 17.9. The zero-order valence-electron chi connectivity index (χ0n) is 14.4. The number of fused-ring (bicyclic) bond motifs is 1. The van der Waals surface area contributed by atoms with E-state index < -0.39 is 0 Å². The van der Waals surface area contributed by atoms with Crippen molar-refractivity contribution in [3.05, 3.63) is 104 Å². The molecule has 0 saturated carbocycles. The van der Waals surface area contributed by atoms with Gasteiger partial charge >= 0.3 is 0 Å². The molecule has 4 rings (SSSR count). The van der Waals surface area contributed by atoms with Crippen LogP contribution in [0.15, 0.2) is 77.0 Å². The highest BCUT2D eigenvalue weighted by Crippen LogP contribution is 2.26. The van der Waals surface area contributed by atoms with Crippen LogP contribution in [0.5, 0.6) is 0 Å². The predicted octanol–water partition coefficient (Wildman–Crippen LogP) is 3.94.